The normalized spacial score (nSPS) is 10.9. The van der Waals surface area contributed by atoms with Crippen LogP contribution < -0.4 is 4.18 Å². The molecule has 0 saturated carbocycles. The maximum atomic E-state index is 11.2. The SMILES string of the molecule is C=CCS(=O)(=O)Oc1ccc(C)cc1. The van der Waals surface area contributed by atoms with Crippen LogP contribution in [0.1, 0.15) is 5.56 Å². The van der Waals surface area contributed by atoms with Gasteiger partial charge in [-0.3, -0.25) is 0 Å². The summed E-state index contributed by atoms with van der Waals surface area (Å²) in [6.45, 7) is 5.26. The number of aryl methyl sites for hydroxylation is 1. The molecule has 14 heavy (non-hydrogen) atoms. The van der Waals surface area contributed by atoms with Crippen LogP contribution in [0.25, 0.3) is 0 Å². The molecule has 1 aromatic rings. The molecule has 0 radical (unpaired) electrons. The topological polar surface area (TPSA) is 43.4 Å². The van der Waals surface area contributed by atoms with Crippen LogP contribution in [0.2, 0.25) is 0 Å². The Kier molecular flexibility index (Phi) is 3.30. The standard InChI is InChI=1S/C10H12O3S/c1-3-8-14(11,12)13-10-6-4-9(2)5-7-10/h3-7H,1,8H2,2H3. The smallest absolute Gasteiger partial charge is 0.312 e. The maximum Gasteiger partial charge on any atom is 0.312 e. The van der Waals surface area contributed by atoms with Crippen molar-refractivity contribution in [2.75, 3.05) is 5.75 Å². The lowest BCUT2D eigenvalue weighted by Gasteiger charge is -2.04. The third-order valence-corrected chi connectivity index (χ3v) is 2.66. The van der Waals surface area contributed by atoms with Crippen molar-refractivity contribution in [3.05, 3.63) is 42.5 Å². The summed E-state index contributed by atoms with van der Waals surface area (Å²) >= 11 is 0. The van der Waals surface area contributed by atoms with E-state index in [1.807, 2.05) is 6.92 Å². The van der Waals surface area contributed by atoms with Gasteiger partial charge < -0.3 is 4.18 Å². The maximum absolute atomic E-state index is 11.2. The Morgan fingerprint density at radius 3 is 2.43 bits per heavy atom. The van der Waals surface area contributed by atoms with Gasteiger partial charge in [-0.1, -0.05) is 23.8 Å². The fourth-order valence-corrected chi connectivity index (χ4v) is 1.68. The summed E-state index contributed by atoms with van der Waals surface area (Å²) < 4.78 is 27.2. The van der Waals surface area contributed by atoms with E-state index in [2.05, 4.69) is 6.58 Å². The molecule has 0 aliphatic heterocycles. The van der Waals surface area contributed by atoms with Gasteiger partial charge in [0.15, 0.2) is 0 Å². The molecular formula is C10H12O3S. The summed E-state index contributed by atoms with van der Waals surface area (Å²) in [5.41, 5.74) is 1.05. The zero-order valence-corrected chi connectivity index (χ0v) is 8.75. The molecule has 0 bridgehead atoms. The van der Waals surface area contributed by atoms with E-state index in [9.17, 15) is 8.42 Å². The van der Waals surface area contributed by atoms with Gasteiger partial charge in [0.25, 0.3) is 0 Å². The van der Waals surface area contributed by atoms with E-state index in [1.165, 1.54) is 6.08 Å². The fraction of sp³-hybridized carbons (Fsp3) is 0.200. The molecule has 0 heterocycles. The Morgan fingerprint density at radius 1 is 1.36 bits per heavy atom. The molecule has 4 heteroatoms. The second-order valence-corrected chi connectivity index (χ2v) is 4.52. The predicted octanol–water partition coefficient (Wildman–Crippen LogP) is 1.89. The number of rotatable bonds is 4. The molecule has 3 nitrogen and oxygen atoms in total. The van der Waals surface area contributed by atoms with Crippen LogP contribution in [0.4, 0.5) is 0 Å². The number of hydrogen-bond acceptors (Lipinski definition) is 3. The monoisotopic (exact) mass is 212 g/mol. The molecule has 76 valence electrons. The van der Waals surface area contributed by atoms with Gasteiger partial charge in [0.2, 0.25) is 0 Å². The first kappa shape index (κ1) is 10.8. The van der Waals surface area contributed by atoms with Crippen molar-refractivity contribution in [1.29, 1.82) is 0 Å². The molecule has 0 atom stereocenters. The molecule has 1 aromatic carbocycles. The van der Waals surface area contributed by atoms with E-state index in [-0.39, 0.29) is 5.75 Å². The van der Waals surface area contributed by atoms with Gasteiger partial charge in [-0.15, -0.1) is 6.58 Å². The Bertz CT molecular complexity index is 403. The van der Waals surface area contributed by atoms with Gasteiger partial charge in [0.1, 0.15) is 11.5 Å². The molecule has 0 amide bonds. The molecule has 1 rings (SSSR count). The molecular weight excluding hydrogens is 200 g/mol. The third-order valence-electron chi connectivity index (χ3n) is 1.57. The average Bonchev–Trinajstić information content (AvgIpc) is 2.08. The lowest BCUT2D eigenvalue weighted by molar-refractivity contribution is 0.489. The second-order valence-electron chi connectivity index (χ2n) is 2.91. The van der Waals surface area contributed by atoms with Crippen molar-refractivity contribution in [2.24, 2.45) is 0 Å². The van der Waals surface area contributed by atoms with E-state index in [0.29, 0.717) is 5.75 Å². The molecule has 0 N–H and O–H groups in total. The minimum Gasteiger partial charge on any atom is -0.382 e. The first-order valence-electron chi connectivity index (χ1n) is 4.13. The zero-order chi connectivity index (χ0) is 10.6. The second kappa shape index (κ2) is 4.28. The largest absolute Gasteiger partial charge is 0.382 e. The average molecular weight is 212 g/mol. The van der Waals surface area contributed by atoms with Gasteiger partial charge in [0.05, 0.1) is 0 Å². The molecule has 0 unspecified atom stereocenters. The van der Waals surface area contributed by atoms with Gasteiger partial charge in [-0.2, -0.15) is 8.42 Å². The molecule has 0 fully saturated rings. The van der Waals surface area contributed by atoms with Crippen LogP contribution in [-0.2, 0) is 10.1 Å². The summed E-state index contributed by atoms with van der Waals surface area (Å²) in [5, 5.41) is 0. The summed E-state index contributed by atoms with van der Waals surface area (Å²) in [6, 6.07) is 6.82. The Morgan fingerprint density at radius 2 is 1.93 bits per heavy atom. The molecule has 0 saturated heterocycles. The van der Waals surface area contributed by atoms with Gasteiger partial charge in [-0.25, -0.2) is 0 Å². The Labute approximate surface area is 84.1 Å². The number of benzene rings is 1. The van der Waals surface area contributed by atoms with Crippen LogP contribution in [0.3, 0.4) is 0 Å². The fourth-order valence-electron chi connectivity index (χ4n) is 0.919. The van der Waals surface area contributed by atoms with Crippen molar-refractivity contribution in [1.82, 2.24) is 0 Å². The minimum absolute atomic E-state index is 0.180. The molecule has 0 spiro atoms. The van der Waals surface area contributed by atoms with E-state index in [4.69, 9.17) is 4.18 Å². The molecule has 0 aromatic heterocycles. The highest BCUT2D eigenvalue weighted by Crippen LogP contribution is 2.13. The van der Waals surface area contributed by atoms with Crippen molar-refractivity contribution < 1.29 is 12.6 Å². The first-order chi connectivity index (χ1) is 6.53. The van der Waals surface area contributed by atoms with Gasteiger partial charge >= 0.3 is 10.1 Å². The van der Waals surface area contributed by atoms with Gasteiger partial charge in [-0.05, 0) is 19.1 Å². The highest BCUT2D eigenvalue weighted by atomic mass is 32.2. The van der Waals surface area contributed by atoms with Crippen LogP contribution in [0.5, 0.6) is 5.75 Å². The minimum atomic E-state index is -3.52. The number of hydrogen-bond donors (Lipinski definition) is 0. The quantitative estimate of drug-likeness (QED) is 0.565. The highest BCUT2D eigenvalue weighted by Gasteiger charge is 2.09. The predicted molar refractivity (Wildman–Crippen MR) is 55.8 cm³/mol. The van der Waals surface area contributed by atoms with Crippen molar-refractivity contribution in [3.8, 4) is 5.75 Å². The van der Waals surface area contributed by atoms with Crippen molar-refractivity contribution >= 4 is 10.1 Å². The van der Waals surface area contributed by atoms with Gasteiger partial charge in [0, 0.05) is 0 Å². The summed E-state index contributed by atoms with van der Waals surface area (Å²) in [6.07, 6.45) is 1.30. The van der Waals surface area contributed by atoms with E-state index >= 15 is 0 Å². The van der Waals surface area contributed by atoms with Crippen LogP contribution in [0.15, 0.2) is 36.9 Å². The summed E-state index contributed by atoms with van der Waals surface area (Å²) in [4.78, 5) is 0. The van der Waals surface area contributed by atoms with E-state index in [1.54, 1.807) is 24.3 Å². The third kappa shape index (κ3) is 3.22. The van der Waals surface area contributed by atoms with Crippen LogP contribution in [-0.4, -0.2) is 14.2 Å². The van der Waals surface area contributed by atoms with Crippen molar-refractivity contribution in [2.45, 2.75) is 6.92 Å². The van der Waals surface area contributed by atoms with Crippen LogP contribution in [0, 0.1) is 6.92 Å². The lowest BCUT2D eigenvalue weighted by Crippen LogP contribution is -2.11. The van der Waals surface area contributed by atoms with E-state index < -0.39 is 10.1 Å². The van der Waals surface area contributed by atoms with Crippen LogP contribution >= 0.6 is 0 Å². The Balaban J connectivity index is 2.79. The molecule has 0 aliphatic carbocycles. The first-order valence-corrected chi connectivity index (χ1v) is 5.71. The van der Waals surface area contributed by atoms with Crippen molar-refractivity contribution in [3.63, 3.8) is 0 Å². The summed E-state index contributed by atoms with van der Waals surface area (Å²) in [5.74, 6) is 0.151. The Hall–Kier alpha value is -1.29. The van der Waals surface area contributed by atoms with E-state index in [0.717, 1.165) is 5.56 Å². The highest BCUT2D eigenvalue weighted by molar-refractivity contribution is 7.87. The molecule has 0 aliphatic rings. The summed E-state index contributed by atoms with van der Waals surface area (Å²) in [7, 11) is -3.52. The lowest BCUT2D eigenvalue weighted by atomic mass is 10.2. The zero-order valence-electron chi connectivity index (χ0n) is 7.93.